The van der Waals surface area contributed by atoms with Crippen LogP contribution in [-0.4, -0.2) is 170 Å². The van der Waals surface area contributed by atoms with Crippen LogP contribution in [0.4, 0.5) is 0 Å². The lowest BCUT2D eigenvalue weighted by atomic mass is 9.33. The van der Waals surface area contributed by atoms with Gasteiger partial charge in [-0.2, -0.15) is 0 Å². The zero-order valence-corrected chi connectivity index (χ0v) is 39.7. The van der Waals surface area contributed by atoms with Gasteiger partial charge >= 0.3 is 5.97 Å². The number of aliphatic hydroxyl groups excluding tert-OH is 8. The van der Waals surface area contributed by atoms with Crippen LogP contribution in [-0.2, 0) is 38.0 Å². The van der Waals surface area contributed by atoms with E-state index in [2.05, 4.69) is 59.9 Å². The molecule has 66 heavy (non-hydrogen) atoms. The van der Waals surface area contributed by atoms with Crippen molar-refractivity contribution in [1.82, 2.24) is 5.32 Å². The first-order chi connectivity index (χ1) is 30.7. The Kier molecular flexibility index (Phi) is 13.6. The Hall–Kier alpha value is -1.88. The Labute approximate surface area is 387 Å². The van der Waals surface area contributed by atoms with E-state index < -0.39 is 127 Å². The normalized spacial score (nSPS) is 52.1. The molecule has 18 heteroatoms. The Morgan fingerprint density at radius 3 is 2.08 bits per heavy atom. The summed E-state index contributed by atoms with van der Waals surface area (Å²) in [7, 11) is 0. The number of hydrogen-bond donors (Lipinski definition) is 10. The van der Waals surface area contributed by atoms with Gasteiger partial charge in [0.2, 0.25) is 5.91 Å². The van der Waals surface area contributed by atoms with E-state index >= 15 is 0 Å². The van der Waals surface area contributed by atoms with Crippen LogP contribution in [0.15, 0.2) is 11.6 Å². The summed E-state index contributed by atoms with van der Waals surface area (Å²) in [6.45, 7) is 16.0. The summed E-state index contributed by atoms with van der Waals surface area (Å²) >= 11 is 0. The van der Waals surface area contributed by atoms with E-state index in [1.807, 2.05) is 0 Å². The van der Waals surface area contributed by atoms with Crippen LogP contribution in [0.3, 0.4) is 0 Å². The van der Waals surface area contributed by atoms with Gasteiger partial charge in [-0.1, -0.05) is 60.1 Å². The molecule has 0 bridgehead atoms. The highest BCUT2D eigenvalue weighted by Gasteiger charge is 2.71. The molecule has 4 saturated carbocycles. The molecule has 8 rings (SSSR count). The van der Waals surface area contributed by atoms with Crippen molar-refractivity contribution in [1.29, 1.82) is 0 Å². The molecule has 0 spiro atoms. The van der Waals surface area contributed by atoms with Gasteiger partial charge < -0.3 is 79.7 Å². The molecule has 22 atom stereocenters. The number of aliphatic carboxylic acids is 1. The fourth-order valence-electron chi connectivity index (χ4n) is 15.0. The number of carbonyl (C=O) groups excluding carboxylic acids is 1. The summed E-state index contributed by atoms with van der Waals surface area (Å²) in [6.07, 6.45) is -10.5. The minimum atomic E-state index is -1.71. The number of carbonyl (C=O) groups is 2. The third-order valence-corrected chi connectivity index (χ3v) is 19.0. The summed E-state index contributed by atoms with van der Waals surface area (Å²) < 4.78 is 36.0. The van der Waals surface area contributed by atoms with Crippen molar-refractivity contribution in [3.63, 3.8) is 0 Å². The van der Waals surface area contributed by atoms with Crippen LogP contribution in [0.1, 0.15) is 113 Å². The first-order valence-corrected chi connectivity index (χ1v) is 24.2. The lowest BCUT2D eigenvalue weighted by molar-refractivity contribution is -0.352. The molecule has 376 valence electrons. The van der Waals surface area contributed by atoms with Crippen LogP contribution in [0, 0.1) is 50.2 Å². The largest absolute Gasteiger partial charge is 0.481 e. The van der Waals surface area contributed by atoms with Crippen molar-refractivity contribution < 1.29 is 84.0 Å². The van der Waals surface area contributed by atoms with Crippen molar-refractivity contribution >= 4 is 11.9 Å². The SMILES string of the molecule is CC(=O)NC1C(OC2CCC3(C)C(CCC4(C)C3CC=C3C5CC(C)(C)CCC5(C(=O)O)C(O)CC34C)C2(C)C)OC(COC2OCC(O)C(O)C2OC2OCC(O)C(O)C2O)C(O)C1O. The van der Waals surface area contributed by atoms with Crippen LogP contribution in [0.5, 0.6) is 0 Å². The number of nitrogens with one attached hydrogen (secondary N) is 1. The highest BCUT2D eigenvalue weighted by Crippen LogP contribution is 2.76. The maximum absolute atomic E-state index is 13.2. The van der Waals surface area contributed by atoms with Gasteiger partial charge in [-0.25, -0.2) is 0 Å². The van der Waals surface area contributed by atoms with E-state index in [0.29, 0.717) is 19.3 Å². The smallest absolute Gasteiger partial charge is 0.312 e. The first-order valence-electron chi connectivity index (χ1n) is 24.2. The molecule has 0 aromatic heterocycles. The first kappa shape index (κ1) is 50.5. The minimum Gasteiger partial charge on any atom is -0.481 e. The minimum absolute atomic E-state index is 0.0435. The fourth-order valence-corrected chi connectivity index (χ4v) is 15.0. The summed E-state index contributed by atoms with van der Waals surface area (Å²) in [5.74, 6) is -1.21. The number of allylic oxidation sites excluding steroid dienone is 2. The monoisotopic (exact) mass is 940 g/mol. The number of carboxylic acids is 1. The summed E-state index contributed by atoms with van der Waals surface area (Å²) in [5, 5.41) is 100. The van der Waals surface area contributed by atoms with Gasteiger partial charge in [0, 0.05) is 6.92 Å². The quantitative estimate of drug-likeness (QED) is 0.114. The van der Waals surface area contributed by atoms with Crippen molar-refractivity contribution in [2.75, 3.05) is 19.8 Å². The van der Waals surface area contributed by atoms with Crippen molar-refractivity contribution in [3.05, 3.63) is 11.6 Å². The molecule has 0 aromatic carbocycles. The number of aliphatic hydroxyl groups is 8. The summed E-state index contributed by atoms with van der Waals surface area (Å²) in [4.78, 5) is 25.7. The van der Waals surface area contributed by atoms with Gasteiger partial charge in [-0.3, -0.25) is 9.59 Å². The number of carboxylic acid groups (broad SMARTS) is 1. The van der Waals surface area contributed by atoms with Gasteiger partial charge in [0.05, 0.1) is 32.0 Å². The number of fused-ring (bicyclic) bond motifs is 7. The zero-order valence-electron chi connectivity index (χ0n) is 39.7. The van der Waals surface area contributed by atoms with Gasteiger partial charge in [-0.15, -0.1) is 0 Å². The molecule has 5 aliphatic carbocycles. The van der Waals surface area contributed by atoms with Crippen LogP contribution >= 0.6 is 0 Å². The average molecular weight is 940 g/mol. The second-order valence-electron chi connectivity index (χ2n) is 23.5. The molecular formula is C48H77NO17. The Balaban J connectivity index is 1.00. The van der Waals surface area contributed by atoms with Gasteiger partial charge in [0.15, 0.2) is 18.9 Å². The van der Waals surface area contributed by atoms with Gasteiger partial charge in [0.1, 0.15) is 66.4 Å². The highest BCUT2D eigenvalue weighted by molar-refractivity contribution is 5.77. The molecule has 22 unspecified atom stereocenters. The number of rotatable bonds is 9. The zero-order chi connectivity index (χ0) is 48.3. The van der Waals surface area contributed by atoms with E-state index in [9.17, 15) is 55.5 Å². The van der Waals surface area contributed by atoms with Crippen LogP contribution < -0.4 is 5.32 Å². The second kappa shape index (κ2) is 17.8. The van der Waals surface area contributed by atoms with E-state index in [1.54, 1.807) is 0 Å². The molecule has 7 fully saturated rings. The number of amides is 1. The molecule has 0 aromatic rings. The molecule has 10 N–H and O–H groups in total. The standard InChI is InChI=1S/C48H77NO17/c1-22(50)49-32-36(57)35(56)27(21-63-41-38(34(55)26(52)20-62-41)66-40-37(58)33(54)25(51)19-61-40)64-39(32)65-31-12-13-45(6)28(44(31,4)5)11-14-46(7)29(45)10-9-23-24-17-43(2,3)15-16-48(24,42(59)60)30(53)18-47(23,46)8/h9,24-41,51-58H,10-21H2,1-8H3,(H,49,50)(H,59,60). The molecule has 3 heterocycles. The molecular weight excluding hydrogens is 863 g/mol. The third kappa shape index (κ3) is 8.02. The lowest BCUT2D eigenvalue weighted by Crippen LogP contribution is -2.68. The fraction of sp³-hybridized carbons (Fsp3) is 0.917. The second-order valence-corrected chi connectivity index (χ2v) is 23.5. The Morgan fingerprint density at radius 2 is 1.41 bits per heavy atom. The molecule has 18 nitrogen and oxygen atoms in total. The van der Waals surface area contributed by atoms with Crippen molar-refractivity contribution in [2.24, 2.45) is 50.2 Å². The van der Waals surface area contributed by atoms with Crippen molar-refractivity contribution in [2.45, 2.75) is 205 Å². The maximum Gasteiger partial charge on any atom is 0.312 e. The molecule has 0 radical (unpaired) electrons. The molecule has 8 aliphatic rings. The number of hydrogen-bond acceptors (Lipinski definition) is 16. The van der Waals surface area contributed by atoms with E-state index in [0.717, 1.165) is 38.5 Å². The van der Waals surface area contributed by atoms with E-state index in [4.69, 9.17) is 28.4 Å². The number of ether oxygens (including phenoxy) is 6. The Bertz CT molecular complexity index is 1850. The predicted octanol–water partition coefficient (Wildman–Crippen LogP) is 1.10. The lowest BCUT2D eigenvalue weighted by Gasteiger charge is -2.71. The van der Waals surface area contributed by atoms with Crippen molar-refractivity contribution in [3.8, 4) is 0 Å². The molecule has 1 amide bonds. The Morgan fingerprint density at radius 1 is 0.742 bits per heavy atom. The van der Waals surface area contributed by atoms with Gasteiger partial charge in [-0.05, 0) is 103 Å². The molecule has 3 saturated heterocycles. The maximum atomic E-state index is 13.2. The predicted molar refractivity (Wildman–Crippen MR) is 232 cm³/mol. The van der Waals surface area contributed by atoms with E-state index in [-0.39, 0.29) is 47.2 Å². The average Bonchev–Trinajstić information content (AvgIpc) is 3.23. The third-order valence-electron chi connectivity index (χ3n) is 19.0. The van der Waals surface area contributed by atoms with Crippen LogP contribution in [0.2, 0.25) is 0 Å². The summed E-state index contributed by atoms with van der Waals surface area (Å²) in [6, 6.07) is -1.17. The van der Waals surface area contributed by atoms with Gasteiger partial charge in [0.25, 0.3) is 0 Å². The van der Waals surface area contributed by atoms with E-state index in [1.165, 1.54) is 12.5 Å². The topological polar surface area (TPSA) is 284 Å². The highest BCUT2D eigenvalue weighted by atomic mass is 16.8. The summed E-state index contributed by atoms with van der Waals surface area (Å²) in [5.41, 5.74) is -1.25. The van der Waals surface area contributed by atoms with Crippen LogP contribution in [0.25, 0.3) is 0 Å². The molecule has 3 aliphatic heterocycles.